The molecule has 0 aliphatic heterocycles. The molecule has 0 saturated carbocycles. The Bertz CT molecular complexity index is 11.6. The first kappa shape index (κ1) is 40.1. The van der Waals surface area contributed by atoms with Gasteiger partial charge in [-0.05, 0) is 0 Å². The van der Waals surface area contributed by atoms with E-state index in [-0.39, 0.29) is 104 Å². The molecule has 0 bridgehead atoms. The Labute approximate surface area is 102 Å². The predicted molar refractivity (Wildman–Crippen MR) is 0 cm³/mol. The van der Waals surface area contributed by atoms with Crippen molar-refractivity contribution in [3.05, 3.63) is 0 Å². The first-order valence-electron chi connectivity index (χ1n) is 0. The van der Waals surface area contributed by atoms with Crippen molar-refractivity contribution in [2.45, 2.75) is 0 Å². The smallest absolute Gasteiger partial charge is 0 e. The molecule has 5 heavy (non-hydrogen) atoms. The van der Waals surface area contributed by atoms with Crippen molar-refractivity contribution < 1.29 is 104 Å². The Balaban J connectivity index is 0. The molecule has 5 heteroatoms. The Morgan fingerprint density at radius 1 is 1.00 bits per heavy atom. The summed E-state index contributed by atoms with van der Waals surface area (Å²) in [6.07, 6.45) is 0. The van der Waals surface area contributed by atoms with Crippen LogP contribution in [-0.4, -0.2) is 0 Å². The van der Waals surface area contributed by atoms with Crippen LogP contribution in [0.15, 0.2) is 0 Å². The molecule has 0 N–H and O–H groups in total. The fraction of sp³-hybridized carbons (Fsp3) is 0. The quantitative estimate of drug-likeness (QED) is 0.537. The molecular weight excluding hydrogens is 354 g/mol. The van der Waals surface area contributed by atoms with Crippen molar-refractivity contribution in [1.29, 1.82) is 0 Å². The molecule has 0 spiro atoms. The largest absolute Gasteiger partial charge is 0 e. The van der Waals surface area contributed by atoms with E-state index in [4.69, 9.17) is 0 Å². The molecule has 33 valence electrons. The number of hydrogen-bond donors (Lipinski definition) is 0. The van der Waals surface area contributed by atoms with E-state index >= 15 is 0 Å². The van der Waals surface area contributed by atoms with Crippen LogP contribution in [0.4, 0.5) is 0 Å². The molecule has 0 fully saturated rings. The van der Waals surface area contributed by atoms with E-state index in [0.29, 0.717) is 0 Å². The maximum Gasteiger partial charge on any atom is 0 e. The van der Waals surface area contributed by atoms with Gasteiger partial charge in [-0.3, -0.25) is 0 Å². The monoisotopic (exact) mass is 353 g/mol. The van der Waals surface area contributed by atoms with Crippen LogP contribution in [0.5, 0.6) is 0 Å². The first-order chi connectivity index (χ1) is 0. The van der Waals surface area contributed by atoms with E-state index in [1.807, 2.05) is 0 Å². The summed E-state index contributed by atoms with van der Waals surface area (Å²) in [5.74, 6) is 0. The van der Waals surface area contributed by atoms with Gasteiger partial charge in [-0.2, -0.15) is 0 Å². The minimum absolute atomic E-state index is 0. The van der Waals surface area contributed by atoms with Crippen LogP contribution < -0.4 is 0 Å². The fourth-order valence-corrected chi connectivity index (χ4v) is 0. The minimum Gasteiger partial charge on any atom is 0 e. The third-order valence-corrected chi connectivity index (χ3v) is 0. The summed E-state index contributed by atoms with van der Waals surface area (Å²) in [4.78, 5) is 0. The summed E-state index contributed by atoms with van der Waals surface area (Å²) < 4.78 is 0. The van der Waals surface area contributed by atoms with Gasteiger partial charge in [0, 0.05) is 104 Å². The van der Waals surface area contributed by atoms with Gasteiger partial charge in [-0.1, -0.05) is 0 Å². The molecule has 0 amide bonds. The van der Waals surface area contributed by atoms with Gasteiger partial charge in [0.1, 0.15) is 0 Å². The van der Waals surface area contributed by atoms with Gasteiger partial charge in [0.05, 0.1) is 0 Å². The minimum atomic E-state index is 0. The topological polar surface area (TPSA) is 0 Å². The SMILES string of the molecule is [Co].[Cu].[Nb].[Ti].[Zr]. The molecule has 3 radical (unpaired) electrons. The molecular formula is CoCuNbTiZr. The van der Waals surface area contributed by atoms with Crippen molar-refractivity contribution >= 4 is 0 Å². The van der Waals surface area contributed by atoms with Crippen LogP contribution in [0.3, 0.4) is 0 Å². The van der Waals surface area contributed by atoms with Crippen LogP contribution in [0.25, 0.3) is 0 Å². The zero-order valence-corrected chi connectivity index (χ0v) is 10.3. The number of hydrogen-bond acceptors (Lipinski definition) is 0. The van der Waals surface area contributed by atoms with Gasteiger partial charge in [0.25, 0.3) is 0 Å². The summed E-state index contributed by atoms with van der Waals surface area (Å²) in [5.41, 5.74) is 0. The van der Waals surface area contributed by atoms with Gasteiger partial charge < -0.3 is 0 Å². The second-order valence-electron chi connectivity index (χ2n) is 0. The summed E-state index contributed by atoms with van der Waals surface area (Å²) in [5, 5.41) is 0. The molecule has 0 saturated heterocycles. The molecule has 0 nitrogen and oxygen atoms in total. The molecule has 0 aliphatic rings. The van der Waals surface area contributed by atoms with E-state index in [2.05, 4.69) is 0 Å². The predicted octanol–water partition coefficient (Wildman–Crippen LogP) is -0.0125. The summed E-state index contributed by atoms with van der Waals surface area (Å²) in [6, 6.07) is 0. The number of rotatable bonds is 0. The van der Waals surface area contributed by atoms with Crippen molar-refractivity contribution in [3.63, 3.8) is 0 Å². The van der Waals surface area contributed by atoms with Crippen molar-refractivity contribution in [2.24, 2.45) is 0 Å². The molecule has 0 aromatic heterocycles. The zero-order chi connectivity index (χ0) is 0. The summed E-state index contributed by atoms with van der Waals surface area (Å²) in [7, 11) is 0. The molecule has 0 aliphatic carbocycles. The van der Waals surface area contributed by atoms with E-state index < -0.39 is 0 Å². The van der Waals surface area contributed by atoms with Gasteiger partial charge in [-0.15, -0.1) is 0 Å². The van der Waals surface area contributed by atoms with E-state index in [1.165, 1.54) is 0 Å². The first-order valence-corrected chi connectivity index (χ1v) is 0. The Kier molecular flexibility index (Phi) is 211. The second kappa shape index (κ2) is 26.4. The van der Waals surface area contributed by atoms with Crippen LogP contribution in [0.1, 0.15) is 0 Å². The zero-order valence-electron chi connectivity index (χ0n) is 2.08. The summed E-state index contributed by atoms with van der Waals surface area (Å²) >= 11 is 0. The van der Waals surface area contributed by atoms with E-state index in [1.54, 1.807) is 0 Å². The molecule has 0 atom stereocenters. The van der Waals surface area contributed by atoms with Crippen LogP contribution in [0.2, 0.25) is 0 Å². The fourth-order valence-electron chi connectivity index (χ4n) is 0. The van der Waals surface area contributed by atoms with Gasteiger partial charge in [0.2, 0.25) is 0 Å². The van der Waals surface area contributed by atoms with Gasteiger partial charge in [0.15, 0.2) is 0 Å². The molecule has 0 unspecified atom stereocenters. The molecule has 0 aromatic carbocycles. The standard InChI is InChI=1S/Co.Cu.Nb.Ti.Zr. The van der Waals surface area contributed by atoms with E-state index in [9.17, 15) is 0 Å². The second-order valence-corrected chi connectivity index (χ2v) is 0. The summed E-state index contributed by atoms with van der Waals surface area (Å²) in [6.45, 7) is 0. The Morgan fingerprint density at radius 3 is 1.00 bits per heavy atom. The maximum absolute atomic E-state index is 0. The average Bonchev–Trinajstić information content (AvgIpc) is 0. The molecule has 0 aromatic rings. The van der Waals surface area contributed by atoms with Crippen molar-refractivity contribution in [1.82, 2.24) is 0 Å². The van der Waals surface area contributed by atoms with Crippen molar-refractivity contribution in [3.8, 4) is 0 Å². The third-order valence-electron chi connectivity index (χ3n) is 0. The van der Waals surface area contributed by atoms with Crippen molar-refractivity contribution in [2.75, 3.05) is 0 Å². The Hall–Kier alpha value is 3.36. The Morgan fingerprint density at radius 2 is 1.00 bits per heavy atom. The maximum atomic E-state index is 0. The normalized spacial score (nSPS) is 0. The van der Waals surface area contributed by atoms with E-state index in [0.717, 1.165) is 0 Å². The van der Waals surface area contributed by atoms with Crippen LogP contribution in [0, 0.1) is 0 Å². The van der Waals surface area contributed by atoms with Gasteiger partial charge >= 0.3 is 0 Å². The van der Waals surface area contributed by atoms with Crippen LogP contribution >= 0.6 is 0 Å². The average molecular weight is 354 g/mol. The molecule has 0 heterocycles. The molecule has 0 rings (SSSR count). The third kappa shape index (κ3) is 18.7. The van der Waals surface area contributed by atoms with Crippen LogP contribution in [-0.2, 0) is 104 Å². The van der Waals surface area contributed by atoms with Gasteiger partial charge in [-0.25, -0.2) is 0 Å².